The van der Waals surface area contributed by atoms with Gasteiger partial charge in [0.25, 0.3) is 0 Å². The summed E-state index contributed by atoms with van der Waals surface area (Å²) in [6, 6.07) is 12.7. The number of rotatable bonds is 6. The second-order valence-corrected chi connectivity index (χ2v) is 8.44. The molecule has 2 aromatic carbocycles. The van der Waals surface area contributed by atoms with Crippen molar-refractivity contribution in [1.82, 2.24) is 4.31 Å². The van der Waals surface area contributed by atoms with Crippen molar-refractivity contribution in [3.05, 3.63) is 64.2 Å². The van der Waals surface area contributed by atoms with Crippen LogP contribution in [0.5, 0.6) is 0 Å². The molecule has 2 aromatic rings. The normalized spacial score (nSPS) is 11.6. The third-order valence-electron chi connectivity index (χ3n) is 3.74. The maximum Gasteiger partial charge on any atom is 0.239 e. The largest absolute Gasteiger partial charge is 0.325 e. The number of hydrogen-bond donors (Lipinski definition) is 1. The zero-order valence-corrected chi connectivity index (χ0v) is 16.0. The minimum absolute atomic E-state index is 0.140. The van der Waals surface area contributed by atoms with Crippen molar-refractivity contribution in [1.29, 1.82) is 0 Å². The molecular formula is C18H21ClN2O3S. The first-order valence-corrected chi connectivity index (χ1v) is 9.94. The van der Waals surface area contributed by atoms with E-state index in [0.29, 0.717) is 10.7 Å². The molecular weight excluding hydrogens is 360 g/mol. The number of nitrogens with one attached hydrogen (secondary N) is 1. The summed E-state index contributed by atoms with van der Waals surface area (Å²) >= 11 is 5.94. The lowest BCUT2D eigenvalue weighted by Crippen LogP contribution is -2.37. The number of hydrogen-bond acceptors (Lipinski definition) is 3. The monoisotopic (exact) mass is 380 g/mol. The van der Waals surface area contributed by atoms with E-state index in [-0.39, 0.29) is 13.1 Å². The summed E-state index contributed by atoms with van der Waals surface area (Å²) in [6.45, 7) is 3.67. The zero-order chi connectivity index (χ0) is 18.6. The molecule has 0 radical (unpaired) electrons. The molecule has 0 saturated heterocycles. The number of nitrogens with zero attached hydrogens (tertiary/aromatic N) is 1. The molecule has 0 atom stereocenters. The third kappa shape index (κ3) is 5.85. The lowest BCUT2D eigenvalue weighted by Gasteiger charge is -2.20. The molecule has 5 nitrogen and oxygen atoms in total. The first-order valence-electron chi connectivity index (χ1n) is 7.72. The van der Waals surface area contributed by atoms with Crippen LogP contribution in [-0.2, 0) is 21.4 Å². The maximum atomic E-state index is 12.3. The molecule has 25 heavy (non-hydrogen) atoms. The fourth-order valence-corrected chi connectivity index (χ4v) is 3.17. The standard InChI is InChI=1S/C18H21ClN2O3S/c1-13-4-7-15(8-5-13)11-21(25(3,23)24)12-18(22)20-17-10-16(19)9-6-14(17)2/h4-10H,11-12H2,1-3H3,(H,20,22). The molecule has 2 rings (SSSR count). The van der Waals surface area contributed by atoms with Crippen molar-refractivity contribution in [3.8, 4) is 0 Å². The van der Waals surface area contributed by atoms with Crippen molar-refractivity contribution < 1.29 is 13.2 Å². The van der Waals surface area contributed by atoms with Crippen LogP contribution < -0.4 is 5.32 Å². The average molecular weight is 381 g/mol. The van der Waals surface area contributed by atoms with Crippen LogP contribution in [0.4, 0.5) is 5.69 Å². The quantitative estimate of drug-likeness (QED) is 0.835. The van der Waals surface area contributed by atoms with Gasteiger partial charge in [0.1, 0.15) is 0 Å². The fraction of sp³-hybridized carbons (Fsp3) is 0.278. The molecule has 0 unspecified atom stereocenters. The Balaban J connectivity index is 2.12. The van der Waals surface area contributed by atoms with Crippen molar-refractivity contribution in [2.75, 3.05) is 18.1 Å². The van der Waals surface area contributed by atoms with Crippen molar-refractivity contribution >= 4 is 33.2 Å². The Kier molecular flexibility index (Phi) is 6.21. The van der Waals surface area contributed by atoms with Crippen molar-refractivity contribution in [3.63, 3.8) is 0 Å². The Hall–Kier alpha value is -1.89. The van der Waals surface area contributed by atoms with E-state index in [2.05, 4.69) is 5.32 Å². The van der Waals surface area contributed by atoms with Crippen LogP contribution in [0.3, 0.4) is 0 Å². The van der Waals surface area contributed by atoms with E-state index in [1.807, 2.05) is 38.1 Å². The van der Waals surface area contributed by atoms with Crippen LogP contribution in [0.2, 0.25) is 5.02 Å². The minimum atomic E-state index is -3.53. The van der Waals surface area contributed by atoms with Crippen LogP contribution in [0.15, 0.2) is 42.5 Å². The van der Waals surface area contributed by atoms with Crippen molar-refractivity contribution in [2.24, 2.45) is 0 Å². The lowest BCUT2D eigenvalue weighted by atomic mass is 10.1. The summed E-state index contributed by atoms with van der Waals surface area (Å²) in [5.74, 6) is -0.414. The van der Waals surface area contributed by atoms with Gasteiger partial charge >= 0.3 is 0 Å². The number of sulfonamides is 1. The first kappa shape index (κ1) is 19.4. The predicted octanol–water partition coefficient (Wildman–Crippen LogP) is 3.36. The molecule has 0 bridgehead atoms. The van der Waals surface area contributed by atoms with Gasteiger partial charge in [0, 0.05) is 17.3 Å². The number of anilines is 1. The number of benzene rings is 2. The van der Waals surface area contributed by atoms with Crippen LogP contribution in [0.1, 0.15) is 16.7 Å². The van der Waals surface area contributed by atoms with E-state index >= 15 is 0 Å². The number of amides is 1. The average Bonchev–Trinajstić information content (AvgIpc) is 2.51. The summed E-state index contributed by atoms with van der Waals surface area (Å²) in [7, 11) is -3.53. The second kappa shape index (κ2) is 7.99. The van der Waals surface area contributed by atoms with Gasteiger partial charge in [0.05, 0.1) is 12.8 Å². The third-order valence-corrected chi connectivity index (χ3v) is 5.17. The molecule has 0 fully saturated rings. The van der Waals surface area contributed by atoms with Crippen LogP contribution in [-0.4, -0.2) is 31.4 Å². The number of carbonyl (C=O) groups is 1. The van der Waals surface area contributed by atoms with Gasteiger partial charge in [-0.2, -0.15) is 4.31 Å². The lowest BCUT2D eigenvalue weighted by molar-refractivity contribution is -0.116. The molecule has 0 spiro atoms. The molecule has 0 aromatic heterocycles. The molecule has 1 N–H and O–H groups in total. The molecule has 0 aliphatic carbocycles. The predicted molar refractivity (Wildman–Crippen MR) is 101 cm³/mol. The van der Waals surface area contributed by atoms with Gasteiger partial charge in [0.15, 0.2) is 0 Å². The second-order valence-electron chi connectivity index (χ2n) is 6.02. The summed E-state index contributed by atoms with van der Waals surface area (Å²) in [5.41, 5.74) is 3.33. The van der Waals surface area contributed by atoms with Crippen LogP contribution in [0, 0.1) is 13.8 Å². The van der Waals surface area contributed by atoms with E-state index in [9.17, 15) is 13.2 Å². The number of carbonyl (C=O) groups excluding carboxylic acids is 1. The van der Waals surface area contributed by atoms with Gasteiger partial charge in [-0.15, -0.1) is 0 Å². The van der Waals surface area contributed by atoms with Crippen molar-refractivity contribution in [2.45, 2.75) is 20.4 Å². The Morgan fingerprint density at radius 2 is 1.76 bits per heavy atom. The van der Waals surface area contributed by atoms with Gasteiger partial charge in [0.2, 0.25) is 15.9 Å². The van der Waals surface area contributed by atoms with Crippen LogP contribution >= 0.6 is 11.6 Å². The van der Waals surface area contributed by atoms with Gasteiger partial charge in [-0.05, 0) is 37.1 Å². The molecule has 0 aliphatic heterocycles. The number of halogens is 1. The Labute approximate surface area is 153 Å². The smallest absolute Gasteiger partial charge is 0.239 e. The number of aryl methyl sites for hydroxylation is 2. The molecule has 0 aliphatic rings. The highest BCUT2D eigenvalue weighted by Gasteiger charge is 2.21. The molecule has 134 valence electrons. The molecule has 0 saturated carbocycles. The first-order chi connectivity index (χ1) is 11.6. The zero-order valence-electron chi connectivity index (χ0n) is 14.4. The highest BCUT2D eigenvalue weighted by molar-refractivity contribution is 7.88. The van der Waals surface area contributed by atoms with Crippen LogP contribution in [0.25, 0.3) is 0 Å². The Bertz CT molecular complexity index is 864. The summed E-state index contributed by atoms with van der Waals surface area (Å²) in [6.07, 6.45) is 1.10. The highest BCUT2D eigenvalue weighted by atomic mass is 35.5. The van der Waals surface area contributed by atoms with Gasteiger partial charge in [-0.1, -0.05) is 47.5 Å². The summed E-state index contributed by atoms with van der Waals surface area (Å²) < 4.78 is 25.2. The van der Waals surface area contributed by atoms with Gasteiger partial charge in [-0.3, -0.25) is 4.79 Å². The van der Waals surface area contributed by atoms with Gasteiger partial charge < -0.3 is 5.32 Å². The highest BCUT2D eigenvalue weighted by Crippen LogP contribution is 2.20. The van der Waals surface area contributed by atoms with E-state index in [0.717, 1.165) is 27.3 Å². The molecule has 7 heteroatoms. The Morgan fingerprint density at radius 3 is 2.36 bits per heavy atom. The Morgan fingerprint density at radius 1 is 1.12 bits per heavy atom. The SMILES string of the molecule is Cc1ccc(CN(CC(=O)Nc2cc(Cl)ccc2C)S(C)(=O)=O)cc1. The van der Waals surface area contributed by atoms with E-state index in [4.69, 9.17) is 11.6 Å². The summed E-state index contributed by atoms with van der Waals surface area (Å²) in [4.78, 5) is 12.3. The minimum Gasteiger partial charge on any atom is -0.325 e. The summed E-state index contributed by atoms with van der Waals surface area (Å²) in [5, 5.41) is 3.22. The van der Waals surface area contributed by atoms with E-state index < -0.39 is 15.9 Å². The molecule has 1 amide bonds. The molecule has 0 heterocycles. The fourth-order valence-electron chi connectivity index (χ4n) is 2.27. The van der Waals surface area contributed by atoms with E-state index in [1.54, 1.807) is 18.2 Å². The maximum absolute atomic E-state index is 12.3. The topological polar surface area (TPSA) is 66.5 Å². The van der Waals surface area contributed by atoms with E-state index in [1.165, 1.54) is 0 Å². The van der Waals surface area contributed by atoms with Gasteiger partial charge in [-0.25, -0.2) is 8.42 Å².